The number of nitrogens with one attached hydrogen (secondary N) is 1. The second-order valence-electron chi connectivity index (χ2n) is 2.53. The van der Waals surface area contributed by atoms with Crippen LogP contribution in [0.2, 0.25) is 0 Å². The number of carbonyl (C=O) groups is 1. The molecule has 0 spiro atoms. The summed E-state index contributed by atoms with van der Waals surface area (Å²) in [5.41, 5.74) is 5.91. The Labute approximate surface area is 70.6 Å². The zero-order valence-corrected chi connectivity index (χ0v) is 6.95. The van der Waals surface area contributed by atoms with Crippen LogP contribution in [0.25, 0.3) is 0 Å². The second kappa shape index (κ2) is 3.87. The van der Waals surface area contributed by atoms with Crippen molar-refractivity contribution in [1.29, 1.82) is 0 Å². The van der Waals surface area contributed by atoms with Crippen molar-refractivity contribution in [2.24, 2.45) is 5.73 Å². The van der Waals surface area contributed by atoms with Crippen LogP contribution in [-0.2, 0) is 17.9 Å². The summed E-state index contributed by atoms with van der Waals surface area (Å²) >= 11 is 0. The van der Waals surface area contributed by atoms with Crippen molar-refractivity contribution in [2.45, 2.75) is 13.1 Å². The van der Waals surface area contributed by atoms with Gasteiger partial charge in [0.05, 0.1) is 12.0 Å². The first-order chi connectivity index (χ1) is 5.72. The van der Waals surface area contributed by atoms with Gasteiger partial charge < -0.3 is 15.6 Å². The molecule has 3 N–H and O–H groups in total. The lowest BCUT2D eigenvalue weighted by molar-refractivity contribution is -0.118. The van der Waals surface area contributed by atoms with Gasteiger partial charge in [0.25, 0.3) is 0 Å². The molecule has 1 aromatic heterocycles. The van der Waals surface area contributed by atoms with Crippen molar-refractivity contribution in [3.05, 3.63) is 18.2 Å². The molecule has 0 bridgehead atoms. The highest BCUT2D eigenvalue weighted by Gasteiger charge is 1.99. The molecule has 66 valence electrons. The average Bonchev–Trinajstić information content (AvgIpc) is 2.36. The summed E-state index contributed by atoms with van der Waals surface area (Å²) in [6.07, 6.45) is 3.39. The highest BCUT2D eigenvalue weighted by molar-refractivity contribution is 5.73. The maximum atomic E-state index is 10.5. The summed E-state index contributed by atoms with van der Waals surface area (Å²) in [5, 5.41) is 2.96. The Morgan fingerprint density at radius 1 is 1.83 bits per heavy atom. The van der Waals surface area contributed by atoms with Gasteiger partial charge in [-0.25, -0.2) is 4.98 Å². The fourth-order valence-corrected chi connectivity index (χ4v) is 0.945. The molecule has 1 aromatic rings. The lowest BCUT2D eigenvalue weighted by Crippen LogP contribution is -2.17. The van der Waals surface area contributed by atoms with Gasteiger partial charge in [0.2, 0.25) is 5.91 Å². The van der Waals surface area contributed by atoms with E-state index in [9.17, 15) is 4.79 Å². The van der Waals surface area contributed by atoms with E-state index in [1.165, 1.54) is 0 Å². The Morgan fingerprint density at radius 2 is 2.58 bits per heavy atom. The summed E-state index contributed by atoms with van der Waals surface area (Å²) < 4.78 is 1.66. The molecule has 0 aromatic carbocycles. The molecule has 12 heavy (non-hydrogen) atoms. The minimum absolute atomic E-state index is 0.191. The molecule has 5 heteroatoms. The van der Waals surface area contributed by atoms with Crippen LogP contribution in [0.5, 0.6) is 0 Å². The lowest BCUT2D eigenvalue weighted by Gasteiger charge is -1.94. The first kappa shape index (κ1) is 8.73. The Hall–Kier alpha value is -1.36. The summed E-state index contributed by atoms with van der Waals surface area (Å²) in [4.78, 5) is 14.5. The van der Waals surface area contributed by atoms with Crippen LogP contribution < -0.4 is 11.1 Å². The number of aromatic nitrogens is 2. The molecular formula is C7H12N4O. The number of imidazole rings is 1. The van der Waals surface area contributed by atoms with E-state index < -0.39 is 0 Å². The predicted octanol–water partition coefficient (Wildman–Crippen LogP) is -0.912. The lowest BCUT2D eigenvalue weighted by atomic mass is 10.5. The maximum Gasteiger partial charge on any atom is 0.237 e. The van der Waals surface area contributed by atoms with Crippen molar-refractivity contribution in [1.82, 2.24) is 14.9 Å². The van der Waals surface area contributed by atoms with Gasteiger partial charge in [-0.1, -0.05) is 0 Å². The maximum absolute atomic E-state index is 10.5. The molecule has 0 aliphatic carbocycles. The summed E-state index contributed by atoms with van der Waals surface area (Å²) in [6.45, 7) is 0.891. The SMILES string of the molecule is CNCc1cn(CC(N)=O)cn1. The molecule has 0 atom stereocenters. The Balaban J connectivity index is 2.58. The molecule has 0 fully saturated rings. The van der Waals surface area contributed by atoms with Crippen LogP contribution in [0.3, 0.4) is 0 Å². The van der Waals surface area contributed by atoms with E-state index >= 15 is 0 Å². The van der Waals surface area contributed by atoms with Gasteiger partial charge in [-0.05, 0) is 7.05 Å². The third kappa shape index (κ3) is 2.35. The monoisotopic (exact) mass is 168 g/mol. The third-order valence-corrected chi connectivity index (χ3v) is 1.38. The highest BCUT2D eigenvalue weighted by atomic mass is 16.1. The number of rotatable bonds is 4. The van der Waals surface area contributed by atoms with Crippen molar-refractivity contribution < 1.29 is 4.79 Å². The van der Waals surface area contributed by atoms with E-state index in [0.717, 1.165) is 5.69 Å². The van der Waals surface area contributed by atoms with Crippen LogP contribution in [0.1, 0.15) is 5.69 Å². The Kier molecular flexibility index (Phi) is 2.82. The predicted molar refractivity (Wildman–Crippen MR) is 44.2 cm³/mol. The first-order valence-electron chi connectivity index (χ1n) is 3.66. The minimum atomic E-state index is -0.358. The summed E-state index contributed by atoms with van der Waals surface area (Å²) in [5.74, 6) is -0.358. The van der Waals surface area contributed by atoms with Crippen LogP contribution in [-0.4, -0.2) is 22.5 Å². The average molecular weight is 168 g/mol. The number of hydrogen-bond acceptors (Lipinski definition) is 3. The molecule has 0 aliphatic rings. The third-order valence-electron chi connectivity index (χ3n) is 1.38. The normalized spacial score (nSPS) is 10.1. The molecule has 1 rings (SSSR count). The van der Waals surface area contributed by atoms with E-state index in [2.05, 4.69) is 10.3 Å². The topological polar surface area (TPSA) is 72.9 Å². The molecule has 0 unspecified atom stereocenters. The van der Waals surface area contributed by atoms with Gasteiger partial charge in [0.1, 0.15) is 6.54 Å². The quantitative estimate of drug-likeness (QED) is 0.611. The number of carbonyl (C=O) groups excluding carboxylic acids is 1. The summed E-state index contributed by atoms with van der Waals surface area (Å²) in [6, 6.07) is 0. The number of hydrogen-bond donors (Lipinski definition) is 2. The molecule has 0 radical (unpaired) electrons. The smallest absolute Gasteiger partial charge is 0.237 e. The van der Waals surface area contributed by atoms with E-state index in [1.54, 1.807) is 17.1 Å². The van der Waals surface area contributed by atoms with Crippen LogP contribution in [0.15, 0.2) is 12.5 Å². The van der Waals surface area contributed by atoms with Gasteiger partial charge in [-0.2, -0.15) is 0 Å². The highest BCUT2D eigenvalue weighted by Crippen LogP contribution is 1.94. The Morgan fingerprint density at radius 3 is 3.17 bits per heavy atom. The van der Waals surface area contributed by atoms with E-state index in [0.29, 0.717) is 6.54 Å². The molecule has 1 heterocycles. The van der Waals surface area contributed by atoms with Crippen LogP contribution >= 0.6 is 0 Å². The molecular weight excluding hydrogens is 156 g/mol. The van der Waals surface area contributed by atoms with Crippen molar-refractivity contribution in [3.63, 3.8) is 0 Å². The second-order valence-corrected chi connectivity index (χ2v) is 2.53. The van der Waals surface area contributed by atoms with Crippen molar-refractivity contribution in [2.75, 3.05) is 7.05 Å². The van der Waals surface area contributed by atoms with Gasteiger partial charge in [-0.15, -0.1) is 0 Å². The number of nitrogens with two attached hydrogens (primary N) is 1. The summed E-state index contributed by atoms with van der Waals surface area (Å²) in [7, 11) is 1.84. The molecule has 0 aliphatic heterocycles. The van der Waals surface area contributed by atoms with Gasteiger partial charge in [0.15, 0.2) is 0 Å². The van der Waals surface area contributed by atoms with Crippen LogP contribution in [0.4, 0.5) is 0 Å². The van der Waals surface area contributed by atoms with Crippen molar-refractivity contribution >= 4 is 5.91 Å². The van der Waals surface area contributed by atoms with E-state index in [1.807, 2.05) is 7.05 Å². The van der Waals surface area contributed by atoms with Crippen LogP contribution in [0, 0.1) is 0 Å². The molecule has 1 amide bonds. The Bertz CT molecular complexity index is 268. The zero-order valence-electron chi connectivity index (χ0n) is 6.95. The first-order valence-corrected chi connectivity index (χ1v) is 3.66. The number of nitrogens with zero attached hydrogens (tertiary/aromatic N) is 2. The zero-order chi connectivity index (χ0) is 8.97. The fourth-order valence-electron chi connectivity index (χ4n) is 0.945. The largest absolute Gasteiger partial charge is 0.368 e. The van der Waals surface area contributed by atoms with Crippen molar-refractivity contribution in [3.8, 4) is 0 Å². The fraction of sp³-hybridized carbons (Fsp3) is 0.429. The molecule has 0 saturated carbocycles. The van der Waals surface area contributed by atoms with E-state index in [4.69, 9.17) is 5.73 Å². The van der Waals surface area contributed by atoms with Gasteiger partial charge in [-0.3, -0.25) is 4.79 Å². The standard InChI is InChI=1S/C7H12N4O/c1-9-2-6-3-11(5-10-6)4-7(8)12/h3,5,9H,2,4H2,1H3,(H2,8,12). The molecule has 0 saturated heterocycles. The minimum Gasteiger partial charge on any atom is -0.368 e. The van der Waals surface area contributed by atoms with E-state index in [-0.39, 0.29) is 12.5 Å². The van der Waals surface area contributed by atoms with Gasteiger partial charge in [0, 0.05) is 12.7 Å². The van der Waals surface area contributed by atoms with Gasteiger partial charge >= 0.3 is 0 Å². The molecule has 5 nitrogen and oxygen atoms in total. The number of amides is 1. The number of primary amides is 1.